The Morgan fingerprint density at radius 2 is 2.58 bits per heavy atom. The number of hydrogen-bond donors (Lipinski definition) is 2. The topological polar surface area (TPSA) is 62.2 Å². The van der Waals surface area contributed by atoms with Crippen LogP contribution in [-0.2, 0) is 4.79 Å². The van der Waals surface area contributed by atoms with E-state index in [9.17, 15) is 9.90 Å². The molecule has 1 aromatic rings. The van der Waals surface area contributed by atoms with Crippen LogP contribution >= 0.6 is 23.1 Å². The molecule has 0 amide bonds. The van der Waals surface area contributed by atoms with E-state index in [1.165, 1.54) is 0 Å². The van der Waals surface area contributed by atoms with Crippen molar-refractivity contribution in [1.29, 1.82) is 0 Å². The van der Waals surface area contributed by atoms with Crippen LogP contribution in [0.3, 0.4) is 0 Å². The van der Waals surface area contributed by atoms with Crippen molar-refractivity contribution in [3.8, 4) is 0 Å². The van der Waals surface area contributed by atoms with Gasteiger partial charge in [-0.15, -0.1) is 11.3 Å². The summed E-state index contributed by atoms with van der Waals surface area (Å²) in [6.07, 6.45) is 5.51. The van der Waals surface area contributed by atoms with Gasteiger partial charge in [0.2, 0.25) is 0 Å². The fourth-order valence-corrected chi connectivity index (χ4v) is 4.71. The van der Waals surface area contributed by atoms with E-state index in [2.05, 4.69) is 10.3 Å². The molecule has 1 aromatic heterocycles. The summed E-state index contributed by atoms with van der Waals surface area (Å²) >= 11 is 3.37. The standard InChI is InChI=1S/C13H20N2O2S2/c1-2-15-13(11(16)17)6-3-4-10(13)5-8-18-12-14-7-9-19-12/h7,9-10,15H,2-6,8H2,1H3,(H,16,17). The molecule has 1 fully saturated rings. The van der Waals surface area contributed by atoms with Crippen LogP contribution < -0.4 is 5.32 Å². The van der Waals surface area contributed by atoms with Gasteiger partial charge < -0.3 is 10.4 Å². The van der Waals surface area contributed by atoms with Crippen LogP contribution in [0.2, 0.25) is 0 Å². The molecule has 6 heteroatoms. The van der Waals surface area contributed by atoms with Crippen LogP contribution in [0.1, 0.15) is 32.6 Å². The Labute approximate surface area is 122 Å². The summed E-state index contributed by atoms with van der Waals surface area (Å²) < 4.78 is 1.07. The van der Waals surface area contributed by atoms with E-state index in [1.807, 2.05) is 18.5 Å². The number of aromatic nitrogens is 1. The maximum atomic E-state index is 11.6. The zero-order valence-electron chi connectivity index (χ0n) is 11.1. The minimum Gasteiger partial charge on any atom is -0.480 e. The molecule has 4 nitrogen and oxygen atoms in total. The van der Waals surface area contributed by atoms with Crippen molar-refractivity contribution < 1.29 is 9.90 Å². The zero-order valence-corrected chi connectivity index (χ0v) is 12.7. The number of carboxylic acids is 1. The molecule has 19 heavy (non-hydrogen) atoms. The average Bonchev–Trinajstić information content (AvgIpc) is 3.01. The first kappa shape index (κ1) is 14.8. The van der Waals surface area contributed by atoms with Gasteiger partial charge in [0.25, 0.3) is 0 Å². The Hall–Kier alpha value is -0.590. The number of nitrogens with one attached hydrogen (secondary N) is 1. The predicted octanol–water partition coefficient (Wildman–Crippen LogP) is 2.86. The largest absolute Gasteiger partial charge is 0.480 e. The molecule has 106 valence electrons. The van der Waals surface area contributed by atoms with Gasteiger partial charge in [-0.05, 0) is 31.7 Å². The van der Waals surface area contributed by atoms with E-state index in [0.29, 0.717) is 6.54 Å². The molecule has 0 spiro atoms. The maximum Gasteiger partial charge on any atom is 0.324 e. The second kappa shape index (κ2) is 6.72. The number of thioether (sulfide) groups is 1. The number of aliphatic carboxylic acids is 1. The van der Waals surface area contributed by atoms with Crippen molar-refractivity contribution in [2.75, 3.05) is 12.3 Å². The van der Waals surface area contributed by atoms with E-state index >= 15 is 0 Å². The first-order chi connectivity index (χ1) is 9.19. The lowest BCUT2D eigenvalue weighted by atomic mass is 9.85. The van der Waals surface area contributed by atoms with Gasteiger partial charge in [-0.1, -0.05) is 25.1 Å². The number of carboxylic acid groups (broad SMARTS) is 1. The third-order valence-electron chi connectivity index (χ3n) is 3.80. The molecule has 0 bridgehead atoms. The lowest BCUT2D eigenvalue weighted by Crippen LogP contribution is -2.54. The summed E-state index contributed by atoms with van der Waals surface area (Å²) in [5, 5.41) is 14.8. The van der Waals surface area contributed by atoms with E-state index in [1.54, 1.807) is 23.1 Å². The van der Waals surface area contributed by atoms with Crippen LogP contribution in [0.25, 0.3) is 0 Å². The Kier molecular flexibility index (Phi) is 5.24. The number of hydrogen-bond acceptors (Lipinski definition) is 5. The van der Waals surface area contributed by atoms with Crippen molar-refractivity contribution in [3.05, 3.63) is 11.6 Å². The average molecular weight is 300 g/mol. The molecule has 2 N–H and O–H groups in total. The molecule has 1 aliphatic rings. The smallest absolute Gasteiger partial charge is 0.324 e. The monoisotopic (exact) mass is 300 g/mol. The molecule has 1 heterocycles. The summed E-state index contributed by atoms with van der Waals surface area (Å²) in [4.78, 5) is 15.9. The number of thiazole rings is 1. The van der Waals surface area contributed by atoms with Crippen LogP contribution in [0.15, 0.2) is 15.9 Å². The Bertz CT molecular complexity index is 411. The van der Waals surface area contributed by atoms with Gasteiger partial charge in [-0.2, -0.15) is 0 Å². The SMILES string of the molecule is CCNC1(C(=O)O)CCCC1CCSc1nccs1. The van der Waals surface area contributed by atoms with Crippen LogP contribution in [0.4, 0.5) is 0 Å². The van der Waals surface area contributed by atoms with Crippen molar-refractivity contribution in [3.63, 3.8) is 0 Å². The third-order valence-corrected chi connectivity index (χ3v) is 5.80. The highest BCUT2D eigenvalue weighted by atomic mass is 32.2. The maximum absolute atomic E-state index is 11.6. The number of nitrogens with zero attached hydrogens (tertiary/aromatic N) is 1. The van der Waals surface area contributed by atoms with Crippen LogP contribution in [0, 0.1) is 5.92 Å². The normalized spacial score (nSPS) is 26.7. The fraction of sp³-hybridized carbons (Fsp3) is 0.692. The highest BCUT2D eigenvalue weighted by molar-refractivity contribution is 8.00. The van der Waals surface area contributed by atoms with Gasteiger partial charge in [0.1, 0.15) is 9.88 Å². The molecule has 1 saturated carbocycles. The Morgan fingerprint density at radius 1 is 1.74 bits per heavy atom. The molecule has 2 atom stereocenters. The first-order valence-electron chi connectivity index (χ1n) is 6.69. The highest BCUT2D eigenvalue weighted by Gasteiger charge is 2.48. The number of carbonyl (C=O) groups is 1. The van der Waals surface area contributed by atoms with Crippen molar-refractivity contribution in [2.24, 2.45) is 5.92 Å². The molecule has 0 aromatic carbocycles. The summed E-state index contributed by atoms with van der Waals surface area (Å²) in [5.74, 6) is 0.493. The van der Waals surface area contributed by atoms with E-state index < -0.39 is 11.5 Å². The molecular formula is C13H20N2O2S2. The van der Waals surface area contributed by atoms with Gasteiger partial charge >= 0.3 is 5.97 Å². The first-order valence-corrected chi connectivity index (χ1v) is 8.56. The number of rotatable bonds is 7. The van der Waals surface area contributed by atoms with Gasteiger partial charge in [-0.3, -0.25) is 4.79 Å². The minimum absolute atomic E-state index is 0.234. The van der Waals surface area contributed by atoms with Gasteiger partial charge in [0.15, 0.2) is 0 Å². The quantitative estimate of drug-likeness (QED) is 0.758. The third kappa shape index (κ3) is 3.30. The summed E-state index contributed by atoms with van der Waals surface area (Å²) in [7, 11) is 0. The molecule has 2 rings (SSSR count). The van der Waals surface area contributed by atoms with Crippen molar-refractivity contribution >= 4 is 29.1 Å². The second-order valence-electron chi connectivity index (χ2n) is 4.83. The fourth-order valence-electron chi connectivity index (χ4n) is 2.94. The summed E-state index contributed by atoms with van der Waals surface area (Å²) in [6, 6.07) is 0. The molecule has 2 unspecified atom stereocenters. The Morgan fingerprint density at radius 3 is 3.21 bits per heavy atom. The van der Waals surface area contributed by atoms with Crippen molar-refractivity contribution in [1.82, 2.24) is 10.3 Å². The van der Waals surface area contributed by atoms with Gasteiger partial charge in [0, 0.05) is 17.3 Å². The molecule has 0 radical (unpaired) electrons. The predicted molar refractivity (Wildman–Crippen MR) is 78.8 cm³/mol. The molecule has 0 aliphatic heterocycles. The lowest BCUT2D eigenvalue weighted by Gasteiger charge is -2.32. The summed E-state index contributed by atoms with van der Waals surface area (Å²) in [6.45, 7) is 2.69. The van der Waals surface area contributed by atoms with Crippen LogP contribution in [-0.4, -0.2) is 33.9 Å². The minimum atomic E-state index is -0.696. The van der Waals surface area contributed by atoms with Crippen molar-refractivity contribution in [2.45, 2.75) is 42.5 Å². The molecule has 1 aliphatic carbocycles. The van der Waals surface area contributed by atoms with Gasteiger partial charge in [-0.25, -0.2) is 4.98 Å². The van der Waals surface area contributed by atoms with Crippen LogP contribution in [0.5, 0.6) is 0 Å². The zero-order chi connectivity index (χ0) is 13.7. The van der Waals surface area contributed by atoms with Gasteiger partial charge in [0.05, 0.1) is 0 Å². The van der Waals surface area contributed by atoms with E-state index in [-0.39, 0.29) is 5.92 Å². The van der Waals surface area contributed by atoms with E-state index in [4.69, 9.17) is 0 Å². The number of likely N-dealkylation sites (N-methyl/N-ethyl adjacent to an activating group) is 1. The lowest BCUT2D eigenvalue weighted by molar-refractivity contribution is -0.146. The highest BCUT2D eigenvalue weighted by Crippen LogP contribution is 2.39. The summed E-state index contributed by atoms with van der Waals surface area (Å²) in [5.41, 5.74) is -0.696. The Balaban J connectivity index is 1.92. The molecule has 0 saturated heterocycles. The molecular weight excluding hydrogens is 280 g/mol. The second-order valence-corrected chi connectivity index (χ2v) is 7.07. The van der Waals surface area contributed by atoms with E-state index in [0.717, 1.165) is 35.8 Å².